The second-order valence-electron chi connectivity index (χ2n) is 11.9. The third-order valence-electron chi connectivity index (χ3n) is 8.04. The van der Waals surface area contributed by atoms with Gasteiger partial charge in [-0.25, -0.2) is 0 Å². The van der Waals surface area contributed by atoms with Gasteiger partial charge in [-0.2, -0.15) is 5.26 Å². The molecule has 3 aromatic carbocycles. The van der Waals surface area contributed by atoms with Crippen LogP contribution in [0, 0.1) is 37.5 Å². The molecule has 1 unspecified atom stereocenters. The monoisotopic (exact) mass is 619 g/mol. The molecule has 0 aromatic heterocycles. The van der Waals surface area contributed by atoms with Gasteiger partial charge in [-0.3, -0.25) is 9.69 Å². The number of ketones is 1. The van der Waals surface area contributed by atoms with Crippen LogP contribution in [0.5, 0.6) is 5.75 Å². The highest BCUT2D eigenvalue weighted by atomic mass is 35.5. The number of hydrogen-bond acceptors (Lipinski definition) is 5. The van der Waals surface area contributed by atoms with Crippen LogP contribution in [0.4, 0.5) is 5.69 Å². The van der Waals surface area contributed by atoms with E-state index < -0.39 is 5.92 Å². The van der Waals surface area contributed by atoms with Crippen molar-refractivity contribution in [2.24, 2.45) is 11.1 Å². The lowest BCUT2D eigenvalue weighted by Gasteiger charge is -2.44. The van der Waals surface area contributed by atoms with Gasteiger partial charge in [-0.15, -0.1) is 0 Å². The first kappa shape index (κ1) is 30.0. The second-order valence-corrected chi connectivity index (χ2v) is 13.3. The molecule has 1 aliphatic heterocycles. The number of ether oxygens (including phenoxy) is 1. The van der Waals surface area contributed by atoms with E-state index in [-0.39, 0.29) is 17.0 Å². The number of nitriles is 1. The number of carbonyl (C=O) groups excluding carboxylic acids is 1. The lowest BCUT2D eigenvalue weighted by molar-refractivity contribution is -0.118. The summed E-state index contributed by atoms with van der Waals surface area (Å²) in [7, 11) is 0. The Kier molecular flexibility index (Phi) is 8.11. The summed E-state index contributed by atoms with van der Waals surface area (Å²) in [5, 5.41) is 12.1. The molecular weight excluding hydrogens is 589 g/mol. The molecule has 5 rings (SSSR count). The average molecular weight is 621 g/mol. The molecule has 42 heavy (non-hydrogen) atoms. The zero-order valence-electron chi connectivity index (χ0n) is 24.2. The van der Waals surface area contributed by atoms with E-state index in [0.717, 1.165) is 39.3 Å². The highest BCUT2D eigenvalue weighted by Gasteiger charge is 2.45. The zero-order chi connectivity index (χ0) is 30.5. The molecule has 0 radical (unpaired) electrons. The van der Waals surface area contributed by atoms with Gasteiger partial charge < -0.3 is 10.5 Å². The molecule has 1 atom stereocenters. The van der Waals surface area contributed by atoms with Crippen molar-refractivity contribution >= 4 is 46.3 Å². The first-order valence-corrected chi connectivity index (χ1v) is 14.8. The summed E-state index contributed by atoms with van der Waals surface area (Å²) in [5.74, 6) is 0.390. The Morgan fingerprint density at radius 2 is 1.64 bits per heavy atom. The quantitative estimate of drug-likeness (QED) is 0.308. The van der Waals surface area contributed by atoms with E-state index in [1.54, 1.807) is 29.2 Å². The number of nitrogens with zero attached hydrogens (tertiary/aromatic N) is 2. The molecule has 0 fully saturated rings. The van der Waals surface area contributed by atoms with Gasteiger partial charge in [0, 0.05) is 32.8 Å². The molecular formula is C34H32Cl3N3O2. The van der Waals surface area contributed by atoms with Gasteiger partial charge in [0.15, 0.2) is 5.78 Å². The molecule has 0 bridgehead atoms. The molecule has 0 saturated heterocycles. The molecule has 8 heteroatoms. The van der Waals surface area contributed by atoms with Gasteiger partial charge in [0.05, 0.1) is 23.2 Å². The van der Waals surface area contributed by atoms with Gasteiger partial charge >= 0.3 is 0 Å². The minimum atomic E-state index is -0.615. The molecule has 216 valence electrons. The number of benzene rings is 3. The van der Waals surface area contributed by atoms with Crippen LogP contribution in [0.1, 0.15) is 60.4 Å². The van der Waals surface area contributed by atoms with Crippen LogP contribution < -0.4 is 15.4 Å². The Morgan fingerprint density at radius 3 is 2.29 bits per heavy atom. The maximum atomic E-state index is 14.0. The number of anilines is 1. The van der Waals surface area contributed by atoms with Crippen LogP contribution in [0.15, 0.2) is 71.2 Å². The van der Waals surface area contributed by atoms with Crippen molar-refractivity contribution in [1.29, 1.82) is 5.26 Å². The Bertz CT molecular complexity index is 1710. The van der Waals surface area contributed by atoms with Crippen molar-refractivity contribution in [3.05, 3.63) is 114 Å². The van der Waals surface area contributed by atoms with Crippen molar-refractivity contribution in [2.45, 2.75) is 60.0 Å². The Morgan fingerprint density at radius 1 is 0.952 bits per heavy atom. The average Bonchev–Trinajstić information content (AvgIpc) is 2.87. The van der Waals surface area contributed by atoms with Crippen LogP contribution in [-0.2, 0) is 11.4 Å². The smallest absolute Gasteiger partial charge is 0.162 e. The largest absolute Gasteiger partial charge is 0.489 e. The van der Waals surface area contributed by atoms with E-state index in [2.05, 4.69) is 32.0 Å². The number of rotatable bonds is 5. The predicted octanol–water partition coefficient (Wildman–Crippen LogP) is 9.09. The number of carbonyl (C=O) groups is 1. The first-order valence-electron chi connectivity index (χ1n) is 13.7. The van der Waals surface area contributed by atoms with Gasteiger partial charge in [0.25, 0.3) is 0 Å². The van der Waals surface area contributed by atoms with Crippen molar-refractivity contribution < 1.29 is 9.53 Å². The van der Waals surface area contributed by atoms with E-state index >= 15 is 0 Å². The minimum absolute atomic E-state index is 0.000751. The topological polar surface area (TPSA) is 79.4 Å². The van der Waals surface area contributed by atoms with Crippen LogP contribution in [-0.4, -0.2) is 5.78 Å². The van der Waals surface area contributed by atoms with Gasteiger partial charge in [0.1, 0.15) is 18.2 Å². The van der Waals surface area contributed by atoms with Gasteiger partial charge in [0.2, 0.25) is 0 Å². The Balaban J connectivity index is 1.67. The summed E-state index contributed by atoms with van der Waals surface area (Å²) in [6.45, 7) is 10.4. The van der Waals surface area contributed by atoms with Crippen LogP contribution in [0.3, 0.4) is 0 Å². The van der Waals surface area contributed by atoms with E-state index in [9.17, 15) is 10.1 Å². The lowest BCUT2D eigenvalue weighted by Crippen LogP contribution is -2.42. The fourth-order valence-electron chi connectivity index (χ4n) is 6.10. The molecule has 0 amide bonds. The van der Waals surface area contributed by atoms with Crippen molar-refractivity contribution in [2.75, 3.05) is 4.90 Å². The maximum absolute atomic E-state index is 14.0. The summed E-state index contributed by atoms with van der Waals surface area (Å²) in [4.78, 5) is 15.8. The van der Waals surface area contributed by atoms with Crippen LogP contribution >= 0.6 is 34.8 Å². The molecule has 3 aromatic rings. The third kappa shape index (κ3) is 5.64. The van der Waals surface area contributed by atoms with E-state index in [4.69, 9.17) is 45.3 Å². The molecule has 1 aliphatic carbocycles. The second kappa shape index (κ2) is 11.3. The van der Waals surface area contributed by atoms with E-state index in [1.807, 2.05) is 32.9 Å². The van der Waals surface area contributed by atoms with Crippen molar-refractivity contribution in [1.82, 2.24) is 0 Å². The Labute approximate surface area is 262 Å². The third-order valence-corrected chi connectivity index (χ3v) is 8.71. The first-order chi connectivity index (χ1) is 19.8. The number of aryl methyl sites for hydroxylation is 3. The summed E-state index contributed by atoms with van der Waals surface area (Å²) in [5.41, 5.74) is 13.6. The molecule has 2 N–H and O–H groups in total. The number of allylic oxidation sites excluding steroid dienone is 3. The standard InChI is InChI=1S/C34H32Cl3N3O2/c1-18-8-19(2)26(10-21(18)17-42-30-7-6-22(35)9-20(30)3)31-27(16-38)33(39)40(25-12-23(36)11-24(37)13-25)28-14-34(4,5)15-29(41)32(28)31/h6-13,31H,14-15,17,39H2,1-5H3. The molecule has 2 aliphatic rings. The fourth-order valence-corrected chi connectivity index (χ4v) is 6.84. The fraction of sp³-hybridized carbons (Fsp3) is 0.294. The summed E-state index contributed by atoms with van der Waals surface area (Å²) in [6, 6.07) is 17.1. The van der Waals surface area contributed by atoms with Crippen LogP contribution in [0.2, 0.25) is 15.1 Å². The minimum Gasteiger partial charge on any atom is -0.489 e. The highest BCUT2D eigenvalue weighted by molar-refractivity contribution is 6.35. The van der Waals surface area contributed by atoms with E-state index in [1.165, 1.54) is 0 Å². The number of Topliss-reactive ketones (excluding diaryl/α,β-unsaturated/α-hetero) is 1. The molecule has 0 saturated carbocycles. The Hall–Kier alpha value is -3.43. The molecule has 5 nitrogen and oxygen atoms in total. The van der Waals surface area contributed by atoms with Gasteiger partial charge in [-0.05, 0) is 96.8 Å². The molecule has 1 heterocycles. The number of hydrogen-bond donors (Lipinski definition) is 1. The van der Waals surface area contributed by atoms with Crippen molar-refractivity contribution in [3.8, 4) is 11.8 Å². The van der Waals surface area contributed by atoms with Gasteiger partial charge in [-0.1, -0.05) is 60.8 Å². The lowest BCUT2D eigenvalue weighted by atomic mass is 9.68. The van der Waals surface area contributed by atoms with E-state index in [0.29, 0.717) is 51.4 Å². The predicted molar refractivity (Wildman–Crippen MR) is 170 cm³/mol. The number of halogens is 3. The van der Waals surface area contributed by atoms with Crippen molar-refractivity contribution in [3.63, 3.8) is 0 Å². The summed E-state index contributed by atoms with van der Waals surface area (Å²) < 4.78 is 6.19. The highest BCUT2D eigenvalue weighted by Crippen LogP contribution is 2.51. The number of nitrogens with two attached hydrogens (primary N) is 1. The van der Waals surface area contributed by atoms with Crippen LogP contribution in [0.25, 0.3) is 0 Å². The zero-order valence-corrected chi connectivity index (χ0v) is 26.5. The SMILES string of the molecule is Cc1cc(C)c(C2C(C#N)=C(N)N(c3cc(Cl)cc(Cl)c3)C3=C2C(=O)CC(C)(C)C3)cc1COc1ccc(Cl)cc1C. The summed E-state index contributed by atoms with van der Waals surface area (Å²) >= 11 is 18.9. The normalized spacial score (nSPS) is 18.2. The summed E-state index contributed by atoms with van der Waals surface area (Å²) in [6.07, 6.45) is 0.951. The molecule has 0 spiro atoms. The maximum Gasteiger partial charge on any atom is 0.162 e.